The van der Waals surface area contributed by atoms with Crippen LogP contribution in [-0.2, 0) is 11.2 Å². The van der Waals surface area contributed by atoms with Crippen molar-refractivity contribution in [2.45, 2.75) is 26.7 Å². The molecule has 0 bridgehead atoms. The molecule has 0 radical (unpaired) electrons. The Balaban J connectivity index is 3.15. The van der Waals surface area contributed by atoms with Gasteiger partial charge in [-0.25, -0.2) is 0 Å². The number of benzene rings is 1. The van der Waals surface area contributed by atoms with Crippen molar-refractivity contribution in [2.75, 3.05) is 7.11 Å². The number of phenolic OH excluding ortho intramolecular Hbond substituents is 1. The predicted molar refractivity (Wildman–Crippen MR) is 58.5 cm³/mol. The summed E-state index contributed by atoms with van der Waals surface area (Å²) < 4.78 is 5.10. The first-order valence-electron chi connectivity index (χ1n) is 4.91. The molecule has 0 saturated heterocycles. The van der Waals surface area contributed by atoms with Gasteiger partial charge in [0.25, 0.3) is 0 Å². The Kier molecular flexibility index (Phi) is 3.72. The van der Waals surface area contributed by atoms with E-state index in [4.69, 9.17) is 4.74 Å². The minimum absolute atomic E-state index is 0.140. The highest BCUT2D eigenvalue weighted by atomic mass is 16.5. The molecule has 0 spiro atoms. The smallest absolute Gasteiger partial charge is 0.163 e. The van der Waals surface area contributed by atoms with E-state index >= 15 is 0 Å². The zero-order chi connectivity index (χ0) is 11.4. The molecule has 0 aliphatic carbocycles. The molecule has 1 N–H and O–H groups in total. The molecule has 1 aromatic carbocycles. The van der Waals surface area contributed by atoms with Gasteiger partial charge >= 0.3 is 0 Å². The van der Waals surface area contributed by atoms with E-state index in [-0.39, 0.29) is 5.75 Å². The minimum atomic E-state index is 0.140. The van der Waals surface area contributed by atoms with Gasteiger partial charge in [-0.2, -0.15) is 0 Å². The fourth-order valence-electron chi connectivity index (χ4n) is 1.67. The van der Waals surface area contributed by atoms with E-state index in [2.05, 4.69) is 0 Å². The van der Waals surface area contributed by atoms with Crippen LogP contribution in [-0.4, -0.2) is 18.5 Å². The maximum Gasteiger partial charge on any atom is 0.163 e. The lowest BCUT2D eigenvalue weighted by molar-refractivity contribution is -0.107. The second-order valence-corrected chi connectivity index (χ2v) is 3.54. The van der Waals surface area contributed by atoms with Crippen molar-refractivity contribution in [3.05, 3.63) is 22.8 Å². The van der Waals surface area contributed by atoms with E-state index in [9.17, 15) is 9.90 Å². The molecule has 0 amide bonds. The van der Waals surface area contributed by atoms with Crippen LogP contribution in [0.1, 0.15) is 23.1 Å². The molecule has 0 unspecified atom stereocenters. The molecule has 3 heteroatoms. The van der Waals surface area contributed by atoms with Crippen LogP contribution < -0.4 is 4.74 Å². The van der Waals surface area contributed by atoms with E-state index in [0.717, 1.165) is 23.0 Å². The van der Waals surface area contributed by atoms with Crippen LogP contribution in [0.25, 0.3) is 0 Å². The van der Waals surface area contributed by atoms with Crippen molar-refractivity contribution >= 4 is 6.29 Å². The van der Waals surface area contributed by atoms with Crippen molar-refractivity contribution < 1.29 is 14.6 Å². The lowest BCUT2D eigenvalue weighted by atomic mass is 9.98. The standard InChI is InChI=1S/C12H16O3/c1-8-9(2)12(15-3)11(14)7-10(8)5-4-6-13/h6-7,14H,4-5H2,1-3H3. The normalized spacial score (nSPS) is 10.1. The Morgan fingerprint density at radius 1 is 1.40 bits per heavy atom. The summed E-state index contributed by atoms with van der Waals surface area (Å²) in [6.45, 7) is 3.87. The Bertz CT molecular complexity index is 370. The maximum atomic E-state index is 10.3. The van der Waals surface area contributed by atoms with Crippen LogP contribution in [0, 0.1) is 13.8 Å². The number of hydrogen-bond acceptors (Lipinski definition) is 3. The van der Waals surface area contributed by atoms with Gasteiger partial charge in [-0.1, -0.05) is 0 Å². The number of carbonyl (C=O) groups excluding carboxylic acids is 1. The van der Waals surface area contributed by atoms with Gasteiger partial charge in [-0.15, -0.1) is 0 Å². The van der Waals surface area contributed by atoms with E-state index in [1.165, 1.54) is 7.11 Å². The molecule has 82 valence electrons. The van der Waals surface area contributed by atoms with E-state index in [1.54, 1.807) is 6.07 Å². The summed E-state index contributed by atoms with van der Waals surface area (Å²) >= 11 is 0. The number of aldehydes is 1. The minimum Gasteiger partial charge on any atom is -0.504 e. The quantitative estimate of drug-likeness (QED) is 0.771. The first kappa shape index (κ1) is 11.6. The maximum absolute atomic E-state index is 10.3. The zero-order valence-corrected chi connectivity index (χ0v) is 9.33. The third kappa shape index (κ3) is 2.29. The summed E-state index contributed by atoms with van der Waals surface area (Å²) in [6, 6.07) is 1.67. The van der Waals surface area contributed by atoms with Gasteiger partial charge in [-0.3, -0.25) is 0 Å². The molecule has 0 aromatic heterocycles. The van der Waals surface area contributed by atoms with Crippen molar-refractivity contribution in [2.24, 2.45) is 0 Å². The van der Waals surface area contributed by atoms with Crippen LogP contribution >= 0.6 is 0 Å². The molecule has 1 aromatic rings. The SMILES string of the molecule is COc1c(O)cc(CCC=O)c(C)c1C. The van der Waals surface area contributed by atoms with Gasteiger partial charge in [0.05, 0.1) is 7.11 Å². The molecule has 0 atom stereocenters. The number of ether oxygens (including phenoxy) is 1. The molecule has 15 heavy (non-hydrogen) atoms. The summed E-state index contributed by atoms with van der Waals surface area (Å²) in [7, 11) is 1.53. The van der Waals surface area contributed by atoms with Gasteiger partial charge in [0.1, 0.15) is 6.29 Å². The Labute approximate surface area is 89.7 Å². The van der Waals surface area contributed by atoms with Gasteiger partial charge in [0.2, 0.25) is 0 Å². The number of carbonyl (C=O) groups is 1. The van der Waals surface area contributed by atoms with Crippen molar-refractivity contribution in [1.29, 1.82) is 0 Å². The van der Waals surface area contributed by atoms with Gasteiger partial charge in [0, 0.05) is 6.42 Å². The Hall–Kier alpha value is -1.51. The van der Waals surface area contributed by atoms with Gasteiger partial charge < -0.3 is 14.6 Å². The number of aromatic hydroxyl groups is 1. The number of hydrogen-bond donors (Lipinski definition) is 1. The predicted octanol–water partition coefficient (Wildman–Crippen LogP) is 2.15. The fraction of sp³-hybridized carbons (Fsp3) is 0.417. The topological polar surface area (TPSA) is 46.5 Å². The molecular formula is C12H16O3. The molecule has 1 rings (SSSR count). The Morgan fingerprint density at radius 3 is 2.60 bits per heavy atom. The van der Waals surface area contributed by atoms with E-state index < -0.39 is 0 Å². The number of methoxy groups -OCH3 is 1. The van der Waals surface area contributed by atoms with Crippen molar-refractivity contribution in [3.8, 4) is 11.5 Å². The highest BCUT2D eigenvalue weighted by Crippen LogP contribution is 2.34. The number of phenols is 1. The first-order valence-corrected chi connectivity index (χ1v) is 4.91. The van der Waals surface area contributed by atoms with Crippen molar-refractivity contribution in [1.82, 2.24) is 0 Å². The summed E-state index contributed by atoms with van der Waals surface area (Å²) in [5.74, 6) is 0.656. The molecular weight excluding hydrogens is 192 g/mol. The van der Waals surface area contributed by atoms with E-state index in [1.807, 2.05) is 13.8 Å². The third-order valence-electron chi connectivity index (χ3n) is 2.66. The lowest BCUT2D eigenvalue weighted by Gasteiger charge is -2.13. The van der Waals surface area contributed by atoms with E-state index in [0.29, 0.717) is 18.6 Å². The molecule has 0 fully saturated rings. The second kappa shape index (κ2) is 4.82. The summed E-state index contributed by atoms with van der Waals surface area (Å²) in [4.78, 5) is 10.3. The molecule has 0 saturated carbocycles. The highest BCUT2D eigenvalue weighted by molar-refractivity contribution is 5.55. The number of aryl methyl sites for hydroxylation is 1. The van der Waals surface area contributed by atoms with Crippen LogP contribution in [0.2, 0.25) is 0 Å². The Morgan fingerprint density at radius 2 is 2.07 bits per heavy atom. The number of rotatable bonds is 4. The van der Waals surface area contributed by atoms with Gasteiger partial charge in [-0.05, 0) is 43.0 Å². The molecule has 0 heterocycles. The second-order valence-electron chi connectivity index (χ2n) is 3.54. The largest absolute Gasteiger partial charge is 0.504 e. The molecule has 0 aliphatic rings. The highest BCUT2D eigenvalue weighted by Gasteiger charge is 2.11. The van der Waals surface area contributed by atoms with Crippen molar-refractivity contribution in [3.63, 3.8) is 0 Å². The average Bonchev–Trinajstić information content (AvgIpc) is 2.22. The average molecular weight is 208 g/mol. The summed E-state index contributed by atoms with van der Waals surface area (Å²) in [5, 5.41) is 9.68. The van der Waals surface area contributed by atoms with Crippen LogP contribution in [0.15, 0.2) is 6.07 Å². The van der Waals surface area contributed by atoms with Crippen LogP contribution in [0.3, 0.4) is 0 Å². The van der Waals surface area contributed by atoms with Gasteiger partial charge in [0.15, 0.2) is 11.5 Å². The third-order valence-corrected chi connectivity index (χ3v) is 2.66. The molecule has 0 aliphatic heterocycles. The van der Waals surface area contributed by atoms with Crippen LogP contribution in [0.4, 0.5) is 0 Å². The lowest BCUT2D eigenvalue weighted by Crippen LogP contribution is -1.97. The first-order chi connectivity index (χ1) is 7.11. The van der Waals surface area contributed by atoms with Crippen LogP contribution in [0.5, 0.6) is 11.5 Å². The summed E-state index contributed by atoms with van der Waals surface area (Å²) in [5.41, 5.74) is 3.00. The molecule has 3 nitrogen and oxygen atoms in total. The monoisotopic (exact) mass is 208 g/mol. The summed E-state index contributed by atoms with van der Waals surface area (Å²) in [6.07, 6.45) is 2.02. The fourth-order valence-corrected chi connectivity index (χ4v) is 1.67. The zero-order valence-electron chi connectivity index (χ0n) is 9.33.